The van der Waals surface area contributed by atoms with Gasteiger partial charge in [0, 0.05) is 6.04 Å². The van der Waals surface area contributed by atoms with Gasteiger partial charge in [0.25, 0.3) is 0 Å². The van der Waals surface area contributed by atoms with Gasteiger partial charge in [-0.3, -0.25) is 5.84 Å². The molecule has 0 aliphatic carbocycles. The second kappa shape index (κ2) is 6.00. The van der Waals surface area contributed by atoms with E-state index in [0.29, 0.717) is 5.69 Å². The van der Waals surface area contributed by atoms with Gasteiger partial charge in [0.2, 0.25) is 10.0 Å². The number of anilines is 1. The SMILES string of the molecule is CCC(CC)NS(=O)(=O)c1ccccc1NN. The standard InChI is InChI=1S/C11H19N3O2S/c1-3-9(4-2)14-17(15,16)11-8-6-5-7-10(11)13-12/h5-9,13-14H,3-4,12H2,1-2H3. The van der Waals surface area contributed by atoms with Crippen LogP contribution in [0.25, 0.3) is 0 Å². The topological polar surface area (TPSA) is 84.2 Å². The summed E-state index contributed by atoms with van der Waals surface area (Å²) >= 11 is 0. The highest BCUT2D eigenvalue weighted by atomic mass is 32.2. The van der Waals surface area contributed by atoms with Gasteiger partial charge in [0.1, 0.15) is 4.90 Å². The third kappa shape index (κ3) is 3.42. The van der Waals surface area contributed by atoms with E-state index in [1.807, 2.05) is 13.8 Å². The average molecular weight is 257 g/mol. The molecule has 1 rings (SSSR count). The number of nitrogen functional groups attached to an aromatic ring is 1. The predicted molar refractivity (Wildman–Crippen MR) is 68.9 cm³/mol. The Hall–Kier alpha value is -1.11. The van der Waals surface area contributed by atoms with Crippen molar-refractivity contribution in [3.63, 3.8) is 0 Å². The van der Waals surface area contributed by atoms with Crippen molar-refractivity contribution < 1.29 is 8.42 Å². The second-order valence-electron chi connectivity index (χ2n) is 3.78. The monoisotopic (exact) mass is 257 g/mol. The third-order valence-corrected chi connectivity index (χ3v) is 4.22. The summed E-state index contributed by atoms with van der Waals surface area (Å²) in [6.45, 7) is 3.90. The lowest BCUT2D eigenvalue weighted by molar-refractivity contribution is 0.530. The normalized spacial score (nSPS) is 11.8. The molecule has 6 heteroatoms. The number of para-hydroxylation sites is 1. The van der Waals surface area contributed by atoms with Crippen molar-refractivity contribution >= 4 is 15.7 Å². The van der Waals surface area contributed by atoms with Crippen LogP contribution >= 0.6 is 0 Å². The fraction of sp³-hybridized carbons (Fsp3) is 0.455. The first-order valence-corrected chi connectivity index (χ1v) is 7.11. The van der Waals surface area contributed by atoms with Crippen LogP contribution in [0.5, 0.6) is 0 Å². The number of rotatable bonds is 6. The van der Waals surface area contributed by atoms with Crippen molar-refractivity contribution in [2.45, 2.75) is 37.6 Å². The minimum Gasteiger partial charge on any atom is -0.323 e. The van der Waals surface area contributed by atoms with Gasteiger partial charge in [0.15, 0.2) is 0 Å². The highest BCUT2D eigenvalue weighted by Crippen LogP contribution is 2.20. The van der Waals surface area contributed by atoms with Crippen LogP contribution in [0.15, 0.2) is 29.2 Å². The van der Waals surface area contributed by atoms with Crippen molar-refractivity contribution in [2.75, 3.05) is 5.43 Å². The molecule has 0 spiro atoms. The molecule has 5 nitrogen and oxygen atoms in total. The summed E-state index contributed by atoms with van der Waals surface area (Å²) in [7, 11) is -3.52. The van der Waals surface area contributed by atoms with Crippen molar-refractivity contribution in [2.24, 2.45) is 5.84 Å². The molecule has 0 bridgehead atoms. The van der Waals surface area contributed by atoms with Crippen molar-refractivity contribution in [3.05, 3.63) is 24.3 Å². The Kier molecular flexibility index (Phi) is 4.92. The van der Waals surface area contributed by atoms with Crippen molar-refractivity contribution in [3.8, 4) is 0 Å². The maximum Gasteiger partial charge on any atom is 0.242 e. The number of hydrogen-bond acceptors (Lipinski definition) is 4. The molecule has 1 aromatic rings. The van der Waals surface area contributed by atoms with Crippen LogP contribution in [0.3, 0.4) is 0 Å². The summed E-state index contributed by atoms with van der Waals surface area (Å²) in [5.41, 5.74) is 2.79. The molecule has 0 atom stereocenters. The van der Waals surface area contributed by atoms with Gasteiger partial charge in [0.05, 0.1) is 5.69 Å². The molecule has 0 heterocycles. The van der Waals surface area contributed by atoms with Gasteiger partial charge in [-0.15, -0.1) is 0 Å². The molecule has 0 amide bonds. The number of hydrogen-bond donors (Lipinski definition) is 3. The van der Waals surface area contributed by atoms with Crippen LogP contribution in [0, 0.1) is 0 Å². The molecule has 96 valence electrons. The van der Waals surface area contributed by atoms with Crippen LogP contribution < -0.4 is 16.0 Å². The Bertz CT molecular complexity index is 456. The van der Waals surface area contributed by atoms with Gasteiger partial charge in [-0.25, -0.2) is 13.1 Å². The summed E-state index contributed by atoms with van der Waals surface area (Å²) in [4.78, 5) is 0.175. The molecule has 1 aromatic carbocycles. The molecule has 0 unspecified atom stereocenters. The molecule has 0 aromatic heterocycles. The highest BCUT2D eigenvalue weighted by molar-refractivity contribution is 7.89. The van der Waals surface area contributed by atoms with Crippen molar-refractivity contribution in [1.82, 2.24) is 4.72 Å². The van der Waals surface area contributed by atoms with Gasteiger partial charge in [-0.2, -0.15) is 0 Å². The largest absolute Gasteiger partial charge is 0.323 e. The van der Waals surface area contributed by atoms with E-state index < -0.39 is 10.0 Å². The lowest BCUT2D eigenvalue weighted by Crippen LogP contribution is -2.34. The van der Waals surface area contributed by atoms with Crippen LogP contribution in [0.2, 0.25) is 0 Å². The number of hydrazine groups is 1. The van der Waals surface area contributed by atoms with E-state index in [-0.39, 0.29) is 10.9 Å². The van der Waals surface area contributed by atoms with Crippen LogP contribution in [0.4, 0.5) is 5.69 Å². The zero-order valence-electron chi connectivity index (χ0n) is 10.1. The molecule has 0 fully saturated rings. The number of nitrogens with two attached hydrogens (primary N) is 1. The smallest absolute Gasteiger partial charge is 0.242 e. The first-order chi connectivity index (χ1) is 8.05. The lowest BCUT2D eigenvalue weighted by Gasteiger charge is -2.16. The number of sulfonamides is 1. The predicted octanol–water partition coefficient (Wildman–Crippen LogP) is 1.44. The Labute approximate surface area is 102 Å². The Morgan fingerprint density at radius 3 is 2.35 bits per heavy atom. The molecular weight excluding hydrogens is 238 g/mol. The maximum absolute atomic E-state index is 12.1. The minimum atomic E-state index is -3.52. The number of benzene rings is 1. The summed E-state index contributed by atoms with van der Waals surface area (Å²) < 4.78 is 26.9. The summed E-state index contributed by atoms with van der Waals surface area (Å²) in [6, 6.07) is 6.50. The molecule has 0 saturated heterocycles. The van der Waals surface area contributed by atoms with Crippen molar-refractivity contribution in [1.29, 1.82) is 0 Å². The molecule has 0 aliphatic rings. The lowest BCUT2D eigenvalue weighted by atomic mass is 10.2. The molecule has 17 heavy (non-hydrogen) atoms. The molecule has 0 radical (unpaired) electrons. The zero-order valence-corrected chi connectivity index (χ0v) is 10.9. The van der Waals surface area contributed by atoms with Gasteiger partial charge >= 0.3 is 0 Å². The van der Waals surface area contributed by atoms with E-state index in [2.05, 4.69) is 10.1 Å². The Balaban J connectivity index is 3.04. The second-order valence-corrected chi connectivity index (χ2v) is 5.46. The fourth-order valence-corrected chi connectivity index (χ4v) is 3.13. The molecule has 4 N–H and O–H groups in total. The first kappa shape index (κ1) is 14.0. The fourth-order valence-electron chi connectivity index (χ4n) is 1.56. The van der Waals surface area contributed by atoms with Gasteiger partial charge < -0.3 is 5.43 Å². The zero-order chi connectivity index (χ0) is 12.9. The maximum atomic E-state index is 12.1. The quantitative estimate of drug-likeness (QED) is 0.532. The summed E-state index contributed by atoms with van der Waals surface area (Å²) in [6.07, 6.45) is 1.52. The Morgan fingerprint density at radius 1 is 1.24 bits per heavy atom. The first-order valence-electron chi connectivity index (χ1n) is 5.63. The third-order valence-electron chi connectivity index (χ3n) is 2.64. The minimum absolute atomic E-state index is 0.0502. The van der Waals surface area contributed by atoms with Gasteiger partial charge in [-0.1, -0.05) is 26.0 Å². The molecule has 0 aliphatic heterocycles. The highest BCUT2D eigenvalue weighted by Gasteiger charge is 2.20. The molecular formula is C11H19N3O2S. The average Bonchev–Trinajstić information content (AvgIpc) is 2.35. The van der Waals surface area contributed by atoms with Crippen LogP contribution in [-0.4, -0.2) is 14.5 Å². The van der Waals surface area contributed by atoms with Gasteiger partial charge in [-0.05, 0) is 25.0 Å². The van der Waals surface area contributed by atoms with E-state index >= 15 is 0 Å². The van der Waals surface area contributed by atoms with E-state index in [4.69, 9.17) is 5.84 Å². The van der Waals surface area contributed by atoms with E-state index in [9.17, 15) is 8.42 Å². The Morgan fingerprint density at radius 2 is 1.82 bits per heavy atom. The van der Waals surface area contributed by atoms with Crippen LogP contribution in [0.1, 0.15) is 26.7 Å². The molecule has 0 saturated carbocycles. The van der Waals surface area contributed by atoms with E-state index in [1.165, 1.54) is 6.07 Å². The van der Waals surface area contributed by atoms with E-state index in [1.54, 1.807) is 18.2 Å². The van der Waals surface area contributed by atoms with Crippen LogP contribution in [-0.2, 0) is 10.0 Å². The summed E-state index contributed by atoms with van der Waals surface area (Å²) in [5.74, 6) is 5.30. The summed E-state index contributed by atoms with van der Waals surface area (Å²) in [5, 5.41) is 0. The number of nitrogens with one attached hydrogen (secondary N) is 2. The van der Waals surface area contributed by atoms with E-state index in [0.717, 1.165) is 12.8 Å².